The molecule has 4 heteroatoms. The number of Topliss-reactive ketones (excluding diaryl/α,β-unsaturated/α-hetero) is 1. The zero-order valence-electron chi connectivity index (χ0n) is 8.37. The predicted octanol–water partition coefficient (Wildman–Crippen LogP) is 2.51. The van der Waals surface area contributed by atoms with Crippen LogP contribution >= 0.6 is 11.3 Å². The van der Waals surface area contributed by atoms with Crippen LogP contribution in [0.15, 0.2) is 0 Å². The summed E-state index contributed by atoms with van der Waals surface area (Å²) in [5.41, 5.74) is 0.612. The number of aromatic nitrogens is 1. The van der Waals surface area contributed by atoms with Crippen LogP contribution in [0.3, 0.4) is 0 Å². The number of aryl methyl sites for hydroxylation is 1. The Hall–Kier alpha value is -0.740. The van der Waals surface area contributed by atoms with Gasteiger partial charge < -0.3 is 4.74 Å². The lowest BCUT2D eigenvalue weighted by Gasteiger charge is -2.02. The van der Waals surface area contributed by atoms with Gasteiger partial charge in [-0.05, 0) is 19.8 Å². The van der Waals surface area contributed by atoms with Gasteiger partial charge in [-0.1, -0.05) is 0 Å². The number of ether oxygens (including phenoxy) is 1. The summed E-state index contributed by atoms with van der Waals surface area (Å²) in [5, 5.41) is 0.963. The molecule has 1 aliphatic heterocycles. The zero-order valence-corrected chi connectivity index (χ0v) is 9.19. The van der Waals surface area contributed by atoms with Crippen molar-refractivity contribution in [1.82, 2.24) is 4.98 Å². The highest BCUT2D eigenvalue weighted by molar-refractivity contribution is 7.11. The van der Waals surface area contributed by atoms with Crippen LogP contribution in [0.1, 0.15) is 46.2 Å². The van der Waals surface area contributed by atoms with Gasteiger partial charge in [-0.2, -0.15) is 0 Å². The number of hydrogen-bond donors (Lipinski definition) is 0. The molecule has 0 bridgehead atoms. The van der Waals surface area contributed by atoms with Crippen LogP contribution in [0.5, 0.6) is 0 Å². The van der Waals surface area contributed by atoms with Crippen molar-refractivity contribution >= 4 is 17.1 Å². The van der Waals surface area contributed by atoms with E-state index in [4.69, 9.17) is 4.74 Å². The van der Waals surface area contributed by atoms with Crippen LogP contribution in [-0.2, 0) is 4.74 Å². The van der Waals surface area contributed by atoms with Crippen LogP contribution in [0, 0.1) is 6.92 Å². The topological polar surface area (TPSA) is 39.2 Å². The summed E-state index contributed by atoms with van der Waals surface area (Å²) < 4.78 is 5.52. The largest absolute Gasteiger partial charge is 0.371 e. The van der Waals surface area contributed by atoms with E-state index in [1.165, 1.54) is 0 Å². The first kappa shape index (κ1) is 9.80. The fourth-order valence-electron chi connectivity index (χ4n) is 1.65. The van der Waals surface area contributed by atoms with E-state index in [2.05, 4.69) is 4.98 Å². The van der Waals surface area contributed by atoms with E-state index >= 15 is 0 Å². The van der Waals surface area contributed by atoms with Crippen molar-refractivity contribution in [2.24, 2.45) is 0 Å². The van der Waals surface area contributed by atoms with Crippen molar-refractivity contribution in [3.05, 3.63) is 15.6 Å². The molecule has 0 radical (unpaired) electrons. The Morgan fingerprint density at radius 1 is 1.64 bits per heavy atom. The molecule has 14 heavy (non-hydrogen) atoms. The van der Waals surface area contributed by atoms with Gasteiger partial charge in [0.1, 0.15) is 16.8 Å². The van der Waals surface area contributed by atoms with Gasteiger partial charge in [0.2, 0.25) is 0 Å². The van der Waals surface area contributed by atoms with Gasteiger partial charge in [-0.25, -0.2) is 4.98 Å². The molecule has 1 aromatic heterocycles. The third kappa shape index (κ3) is 1.72. The van der Waals surface area contributed by atoms with Gasteiger partial charge in [0.25, 0.3) is 0 Å². The maximum absolute atomic E-state index is 11.2. The minimum absolute atomic E-state index is 0.0444. The lowest BCUT2D eigenvalue weighted by atomic mass is 10.2. The standard InChI is InChI=1S/C10H13NO2S/c1-6(12)9-7(2)14-10(11-9)8-4-3-5-13-8/h8H,3-5H2,1-2H3. The average Bonchev–Trinajstić information content (AvgIpc) is 2.70. The van der Waals surface area contributed by atoms with E-state index in [0.717, 1.165) is 29.3 Å². The van der Waals surface area contributed by atoms with E-state index in [0.29, 0.717) is 5.69 Å². The molecule has 1 atom stereocenters. The number of nitrogens with zero attached hydrogens (tertiary/aromatic N) is 1. The van der Waals surface area contributed by atoms with Gasteiger partial charge in [-0.15, -0.1) is 11.3 Å². The van der Waals surface area contributed by atoms with E-state index in [-0.39, 0.29) is 11.9 Å². The number of rotatable bonds is 2. The predicted molar refractivity (Wildman–Crippen MR) is 54.8 cm³/mol. The van der Waals surface area contributed by atoms with Gasteiger partial charge in [-0.3, -0.25) is 4.79 Å². The minimum Gasteiger partial charge on any atom is -0.371 e. The third-order valence-electron chi connectivity index (χ3n) is 2.35. The Balaban J connectivity index is 2.27. The maximum atomic E-state index is 11.2. The monoisotopic (exact) mass is 211 g/mol. The van der Waals surface area contributed by atoms with Crippen molar-refractivity contribution in [3.8, 4) is 0 Å². The SMILES string of the molecule is CC(=O)c1nc(C2CCCO2)sc1C. The summed E-state index contributed by atoms with van der Waals surface area (Å²) in [6.07, 6.45) is 2.26. The molecule has 1 saturated heterocycles. The second kappa shape index (κ2) is 3.79. The van der Waals surface area contributed by atoms with Gasteiger partial charge in [0.05, 0.1) is 0 Å². The maximum Gasteiger partial charge on any atom is 0.179 e. The van der Waals surface area contributed by atoms with Crippen molar-refractivity contribution in [1.29, 1.82) is 0 Å². The zero-order chi connectivity index (χ0) is 10.1. The number of carbonyl (C=O) groups excluding carboxylic acids is 1. The molecule has 1 aromatic rings. The van der Waals surface area contributed by atoms with Gasteiger partial charge in [0, 0.05) is 18.4 Å². The smallest absolute Gasteiger partial charge is 0.179 e. The van der Waals surface area contributed by atoms with Crippen molar-refractivity contribution in [2.75, 3.05) is 6.61 Å². The fraction of sp³-hybridized carbons (Fsp3) is 0.600. The first-order chi connectivity index (χ1) is 6.68. The Labute approximate surface area is 87.1 Å². The number of ketones is 1. The summed E-state index contributed by atoms with van der Waals surface area (Å²) >= 11 is 1.58. The molecule has 0 amide bonds. The molecule has 1 unspecified atom stereocenters. The summed E-state index contributed by atoms with van der Waals surface area (Å²) in [6, 6.07) is 0. The van der Waals surface area contributed by atoms with E-state index in [1.54, 1.807) is 18.3 Å². The highest BCUT2D eigenvalue weighted by Gasteiger charge is 2.23. The Kier molecular flexibility index (Phi) is 2.65. The molecular formula is C10H13NO2S. The van der Waals surface area contributed by atoms with Crippen LogP contribution < -0.4 is 0 Å². The third-order valence-corrected chi connectivity index (χ3v) is 3.41. The Morgan fingerprint density at radius 2 is 2.43 bits per heavy atom. The molecule has 1 aliphatic rings. The van der Waals surface area contributed by atoms with Crippen molar-refractivity contribution in [2.45, 2.75) is 32.8 Å². The van der Waals surface area contributed by atoms with Gasteiger partial charge >= 0.3 is 0 Å². The molecule has 3 nitrogen and oxygen atoms in total. The van der Waals surface area contributed by atoms with E-state index in [9.17, 15) is 4.79 Å². The lowest BCUT2D eigenvalue weighted by molar-refractivity contribution is 0.100. The van der Waals surface area contributed by atoms with Crippen LogP contribution in [0.25, 0.3) is 0 Å². The minimum atomic E-state index is 0.0444. The normalized spacial score (nSPS) is 21.4. The van der Waals surface area contributed by atoms with Crippen LogP contribution in [0.4, 0.5) is 0 Å². The second-order valence-electron chi connectivity index (χ2n) is 3.51. The fourth-order valence-corrected chi connectivity index (χ4v) is 2.71. The number of carbonyl (C=O) groups is 1. The Bertz CT molecular complexity index is 353. The van der Waals surface area contributed by atoms with Crippen LogP contribution in [-0.4, -0.2) is 17.4 Å². The lowest BCUT2D eigenvalue weighted by Crippen LogP contribution is -1.98. The van der Waals surface area contributed by atoms with Crippen LogP contribution in [0.2, 0.25) is 0 Å². The van der Waals surface area contributed by atoms with Gasteiger partial charge in [0.15, 0.2) is 5.78 Å². The summed E-state index contributed by atoms with van der Waals surface area (Å²) in [4.78, 5) is 16.5. The molecule has 0 aromatic carbocycles. The van der Waals surface area contributed by atoms with Crippen molar-refractivity contribution < 1.29 is 9.53 Å². The quantitative estimate of drug-likeness (QED) is 0.705. The molecule has 0 aliphatic carbocycles. The summed E-state index contributed by atoms with van der Waals surface area (Å²) in [6.45, 7) is 4.31. The number of thiazole rings is 1. The molecular weight excluding hydrogens is 198 g/mol. The molecule has 76 valence electrons. The first-order valence-corrected chi connectivity index (χ1v) is 5.60. The molecule has 0 spiro atoms. The first-order valence-electron chi connectivity index (χ1n) is 4.78. The van der Waals surface area contributed by atoms with Crippen molar-refractivity contribution in [3.63, 3.8) is 0 Å². The average molecular weight is 211 g/mol. The Morgan fingerprint density at radius 3 is 2.93 bits per heavy atom. The van der Waals surface area contributed by atoms with E-state index < -0.39 is 0 Å². The highest BCUT2D eigenvalue weighted by Crippen LogP contribution is 2.32. The second-order valence-corrected chi connectivity index (χ2v) is 4.75. The van der Waals surface area contributed by atoms with E-state index in [1.807, 2.05) is 6.92 Å². The number of hydrogen-bond acceptors (Lipinski definition) is 4. The summed E-state index contributed by atoms with van der Waals surface area (Å²) in [7, 11) is 0. The molecule has 2 rings (SSSR count). The molecule has 0 N–H and O–H groups in total. The summed E-state index contributed by atoms with van der Waals surface area (Å²) in [5.74, 6) is 0.0444. The molecule has 1 fully saturated rings. The molecule has 0 saturated carbocycles. The highest BCUT2D eigenvalue weighted by atomic mass is 32.1. The molecule has 2 heterocycles.